The van der Waals surface area contributed by atoms with Crippen molar-refractivity contribution in [1.29, 1.82) is 0 Å². The van der Waals surface area contributed by atoms with Gasteiger partial charge in [0.2, 0.25) is 5.91 Å². The van der Waals surface area contributed by atoms with Gasteiger partial charge in [0.1, 0.15) is 4.88 Å². The number of esters is 1. The maximum absolute atomic E-state index is 12.2. The first-order chi connectivity index (χ1) is 11.4. The van der Waals surface area contributed by atoms with Crippen molar-refractivity contribution in [1.82, 2.24) is 0 Å². The van der Waals surface area contributed by atoms with Gasteiger partial charge in [-0.2, -0.15) is 0 Å². The molecule has 0 atom stereocenters. The lowest BCUT2D eigenvalue weighted by molar-refractivity contribution is -0.115. The number of carbonyl (C=O) groups excluding carboxylic acids is 2. The molecule has 0 bridgehead atoms. The predicted octanol–water partition coefficient (Wildman–Crippen LogP) is 4.54. The van der Waals surface area contributed by atoms with Crippen LogP contribution in [-0.2, 0) is 16.0 Å². The third-order valence-electron chi connectivity index (χ3n) is 3.65. The van der Waals surface area contributed by atoms with Gasteiger partial charge < -0.3 is 10.1 Å². The molecular weight excluding hydrogens is 322 g/mol. The van der Waals surface area contributed by atoms with Crippen molar-refractivity contribution in [2.45, 2.75) is 40.0 Å². The molecule has 2 aromatic rings. The SMILES string of the molecule is CCOC(=O)c1sc(NC(=O)Cc2ccc(C(C)C)cc2)cc1C. The highest BCUT2D eigenvalue weighted by molar-refractivity contribution is 7.18. The summed E-state index contributed by atoms with van der Waals surface area (Å²) in [5.74, 6) is 0.0389. The van der Waals surface area contributed by atoms with Crippen LogP contribution < -0.4 is 5.32 Å². The van der Waals surface area contributed by atoms with E-state index in [1.807, 2.05) is 19.1 Å². The average Bonchev–Trinajstić information content (AvgIpc) is 2.88. The number of rotatable bonds is 6. The predicted molar refractivity (Wildman–Crippen MR) is 97.9 cm³/mol. The van der Waals surface area contributed by atoms with Crippen molar-refractivity contribution >= 4 is 28.2 Å². The third-order valence-corrected chi connectivity index (χ3v) is 4.78. The van der Waals surface area contributed by atoms with E-state index in [0.717, 1.165) is 11.1 Å². The summed E-state index contributed by atoms with van der Waals surface area (Å²) in [5, 5.41) is 3.52. The van der Waals surface area contributed by atoms with Crippen LogP contribution in [0.1, 0.15) is 53.1 Å². The van der Waals surface area contributed by atoms with Gasteiger partial charge in [-0.3, -0.25) is 4.79 Å². The van der Waals surface area contributed by atoms with Gasteiger partial charge in [0.25, 0.3) is 0 Å². The molecule has 0 radical (unpaired) electrons. The van der Waals surface area contributed by atoms with Crippen molar-refractivity contribution in [3.63, 3.8) is 0 Å². The molecule has 0 saturated carbocycles. The lowest BCUT2D eigenvalue weighted by Gasteiger charge is -2.07. The van der Waals surface area contributed by atoms with Crippen LogP contribution in [0.5, 0.6) is 0 Å². The van der Waals surface area contributed by atoms with Crippen LogP contribution in [0.25, 0.3) is 0 Å². The molecule has 0 aliphatic rings. The number of carbonyl (C=O) groups is 2. The van der Waals surface area contributed by atoms with E-state index in [0.29, 0.717) is 28.8 Å². The number of thiophene rings is 1. The zero-order valence-electron chi connectivity index (χ0n) is 14.5. The highest BCUT2D eigenvalue weighted by Crippen LogP contribution is 2.27. The normalized spacial score (nSPS) is 10.7. The fraction of sp³-hybridized carbons (Fsp3) is 0.368. The zero-order chi connectivity index (χ0) is 17.7. The Kier molecular flexibility index (Phi) is 6.15. The molecule has 0 aliphatic carbocycles. The maximum atomic E-state index is 12.2. The van der Waals surface area contributed by atoms with E-state index >= 15 is 0 Å². The number of hydrogen-bond acceptors (Lipinski definition) is 4. The van der Waals surface area contributed by atoms with E-state index in [-0.39, 0.29) is 11.9 Å². The summed E-state index contributed by atoms with van der Waals surface area (Å²) in [6.07, 6.45) is 0.310. The molecule has 4 nitrogen and oxygen atoms in total. The van der Waals surface area contributed by atoms with Crippen LogP contribution in [0.3, 0.4) is 0 Å². The number of amides is 1. The second-order valence-corrected chi connectivity index (χ2v) is 7.02. The van der Waals surface area contributed by atoms with Crippen molar-refractivity contribution in [3.8, 4) is 0 Å². The van der Waals surface area contributed by atoms with Gasteiger partial charge in [0, 0.05) is 0 Å². The van der Waals surface area contributed by atoms with Gasteiger partial charge in [-0.25, -0.2) is 4.79 Å². The molecular formula is C19H23NO3S. The average molecular weight is 345 g/mol. The number of benzene rings is 1. The Hall–Kier alpha value is -2.14. The van der Waals surface area contributed by atoms with Crippen LogP contribution in [-0.4, -0.2) is 18.5 Å². The van der Waals surface area contributed by atoms with Crippen molar-refractivity contribution in [2.75, 3.05) is 11.9 Å². The van der Waals surface area contributed by atoms with Crippen LogP contribution in [0.2, 0.25) is 0 Å². The molecule has 0 aliphatic heterocycles. The van der Waals surface area contributed by atoms with E-state index in [1.54, 1.807) is 13.0 Å². The quantitative estimate of drug-likeness (QED) is 0.782. The summed E-state index contributed by atoms with van der Waals surface area (Å²) in [6.45, 7) is 8.23. The van der Waals surface area contributed by atoms with Crippen LogP contribution in [0.4, 0.5) is 5.00 Å². The van der Waals surface area contributed by atoms with E-state index < -0.39 is 0 Å². The zero-order valence-corrected chi connectivity index (χ0v) is 15.3. The number of ether oxygens (including phenoxy) is 1. The molecule has 0 saturated heterocycles. The minimum absolute atomic E-state index is 0.0936. The highest BCUT2D eigenvalue weighted by Gasteiger charge is 2.16. The molecule has 24 heavy (non-hydrogen) atoms. The van der Waals surface area contributed by atoms with Crippen molar-refractivity contribution < 1.29 is 14.3 Å². The fourth-order valence-electron chi connectivity index (χ4n) is 2.33. The summed E-state index contributed by atoms with van der Waals surface area (Å²) in [5.41, 5.74) is 3.04. The lowest BCUT2D eigenvalue weighted by atomic mass is 10.0. The topological polar surface area (TPSA) is 55.4 Å². The standard InChI is InChI=1S/C19H23NO3S/c1-5-23-19(22)18-13(4)10-17(24-18)20-16(21)11-14-6-8-15(9-7-14)12(2)3/h6-10,12H,5,11H2,1-4H3,(H,20,21). The van der Waals surface area contributed by atoms with Gasteiger partial charge in [-0.1, -0.05) is 38.1 Å². The van der Waals surface area contributed by atoms with E-state index in [2.05, 4.69) is 31.3 Å². The molecule has 128 valence electrons. The molecule has 2 rings (SSSR count). The first-order valence-electron chi connectivity index (χ1n) is 8.07. The molecule has 1 amide bonds. The third kappa shape index (κ3) is 4.68. The first-order valence-corrected chi connectivity index (χ1v) is 8.88. The van der Waals surface area contributed by atoms with Gasteiger partial charge in [0.15, 0.2) is 0 Å². The van der Waals surface area contributed by atoms with Crippen LogP contribution in [0.15, 0.2) is 30.3 Å². The molecule has 5 heteroatoms. The number of aryl methyl sites for hydroxylation is 1. The molecule has 1 heterocycles. The Labute approximate surface area is 146 Å². The second-order valence-electron chi connectivity index (χ2n) is 5.96. The number of nitrogens with one attached hydrogen (secondary N) is 1. The van der Waals surface area contributed by atoms with E-state index in [4.69, 9.17) is 4.74 Å². The van der Waals surface area contributed by atoms with Gasteiger partial charge in [-0.15, -0.1) is 11.3 Å². The largest absolute Gasteiger partial charge is 0.462 e. The minimum atomic E-state index is -0.343. The Morgan fingerprint density at radius 2 is 1.88 bits per heavy atom. The first kappa shape index (κ1) is 18.2. The summed E-state index contributed by atoms with van der Waals surface area (Å²) in [6, 6.07) is 9.89. The Morgan fingerprint density at radius 1 is 1.21 bits per heavy atom. The summed E-state index contributed by atoms with van der Waals surface area (Å²) in [7, 11) is 0. The van der Waals surface area contributed by atoms with Gasteiger partial charge in [0.05, 0.1) is 18.0 Å². The van der Waals surface area contributed by atoms with Gasteiger partial charge >= 0.3 is 5.97 Å². The maximum Gasteiger partial charge on any atom is 0.348 e. The fourth-order valence-corrected chi connectivity index (χ4v) is 3.31. The summed E-state index contributed by atoms with van der Waals surface area (Å²) < 4.78 is 5.01. The molecule has 0 fully saturated rings. The van der Waals surface area contributed by atoms with Crippen LogP contribution >= 0.6 is 11.3 Å². The van der Waals surface area contributed by atoms with Crippen molar-refractivity contribution in [2.24, 2.45) is 0 Å². The molecule has 0 spiro atoms. The summed E-state index contributed by atoms with van der Waals surface area (Å²) >= 11 is 1.25. The highest BCUT2D eigenvalue weighted by atomic mass is 32.1. The Balaban J connectivity index is 1.99. The lowest BCUT2D eigenvalue weighted by Crippen LogP contribution is -2.13. The molecule has 1 aromatic carbocycles. The minimum Gasteiger partial charge on any atom is -0.462 e. The number of anilines is 1. The smallest absolute Gasteiger partial charge is 0.348 e. The molecule has 0 unspecified atom stereocenters. The Morgan fingerprint density at radius 3 is 2.46 bits per heavy atom. The summed E-state index contributed by atoms with van der Waals surface area (Å²) in [4.78, 5) is 24.5. The molecule has 1 N–H and O–H groups in total. The molecule has 1 aromatic heterocycles. The monoisotopic (exact) mass is 345 g/mol. The number of hydrogen-bond donors (Lipinski definition) is 1. The Bertz CT molecular complexity index is 717. The van der Waals surface area contributed by atoms with E-state index in [9.17, 15) is 9.59 Å². The van der Waals surface area contributed by atoms with Crippen LogP contribution in [0, 0.1) is 6.92 Å². The second kappa shape index (κ2) is 8.11. The van der Waals surface area contributed by atoms with E-state index in [1.165, 1.54) is 16.9 Å². The van der Waals surface area contributed by atoms with Gasteiger partial charge in [-0.05, 0) is 42.5 Å². The van der Waals surface area contributed by atoms with Crippen molar-refractivity contribution in [3.05, 3.63) is 51.9 Å².